The van der Waals surface area contributed by atoms with Crippen LogP contribution in [0.1, 0.15) is 16.2 Å². The van der Waals surface area contributed by atoms with E-state index in [4.69, 9.17) is 5.73 Å². The van der Waals surface area contributed by atoms with Crippen LogP contribution in [0.25, 0.3) is 10.9 Å². The molecule has 2 aromatic heterocycles. The van der Waals surface area contributed by atoms with Crippen LogP contribution < -0.4 is 11.1 Å². The predicted octanol–water partition coefficient (Wildman–Crippen LogP) is 2.04. The number of nitrogens with one attached hydrogen (secondary N) is 2. The Morgan fingerprint density at radius 1 is 1.35 bits per heavy atom. The first-order chi connectivity index (χ1) is 9.52. The number of anilines is 2. The molecule has 4 N–H and O–H groups in total. The lowest BCUT2D eigenvalue weighted by atomic mass is 10.2. The number of nitrogen functional groups attached to an aromatic ring is 1. The first kappa shape index (κ1) is 12.3. The number of amides is 1. The van der Waals surface area contributed by atoms with Crippen molar-refractivity contribution in [2.24, 2.45) is 7.05 Å². The van der Waals surface area contributed by atoms with Gasteiger partial charge in [-0.15, -0.1) is 0 Å². The van der Waals surface area contributed by atoms with Crippen LogP contribution in [0.2, 0.25) is 0 Å². The predicted molar refractivity (Wildman–Crippen MR) is 78.6 cm³/mol. The smallest absolute Gasteiger partial charge is 0.273 e. The van der Waals surface area contributed by atoms with Gasteiger partial charge in [0.25, 0.3) is 5.91 Å². The Kier molecular flexibility index (Phi) is 2.71. The summed E-state index contributed by atoms with van der Waals surface area (Å²) in [5.74, 6) is 0.452. The van der Waals surface area contributed by atoms with E-state index in [1.165, 1.54) is 0 Å². The van der Waals surface area contributed by atoms with Gasteiger partial charge in [0.2, 0.25) is 0 Å². The molecule has 6 nitrogen and oxygen atoms in total. The second kappa shape index (κ2) is 4.41. The lowest BCUT2D eigenvalue weighted by Gasteiger charge is -2.02. The van der Waals surface area contributed by atoms with E-state index in [1.54, 1.807) is 23.9 Å². The molecule has 0 unspecified atom stereocenters. The molecule has 0 saturated heterocycles. The summed E-state index contributed by atoms with van der Waals surface area (Å²) in [7, 11) is 1.79. The average Bonchev–Trinajstić information content (AvgIpc) is 2.92. The number of carbonyl (C=O) groups excluding carboxylic acids is 1. The van der Waals surface area contributed by atoms with Gasteiger partial charge in [-0.05, 0) is 31.2 Å². The van der Waals surface area contributed by atoms with Crippen molar-refractivity contribution in [3.05, 3.63) is 41.7 Å². The lowest BCUT2D eigenvalue weighted by molar-refractivity contribution is 0.102. The number of aryl methyl sites for hydroxylation is 2. The van der Waals surface area contributed by atoms with Gasteiger partial charge in [-0.1, -0.05) is 0 Å². The molecular weight excluding hydrogens is 254 g/mol. The van der Waals surface area contributed by atoms with Gasteiger partial charge in [0.1, 0.15) is 11.5 Å². The first-order valence-electron chi connectivity index (χ1n) is 6.23. The molecule has 0 atom stereocenters. The number of aromatic amines is 1. The number of fused-ring (bicyclic) bond motifs is 1. The largest absolute Gasteiger partial charge is 0.399 e. The van der Waals surface area contributed by atoms with Crippen LogP contribution in [0.3, 0.4) is 0 Å². The number of carbonyl (C=O) groups is 1. The van der Waals surface area contributed by atoms with Crippen molar-refractivity contribution in [3.63, 3.8) is 0 Å². The van der Waals surface area contributed by atoms with Crippen molar-refractivity contribution >= 4 is 28.3 Å². The normalized spacial score (nSPS) is 10.9. The second-order valence-corrected chi connectivity index (χ2v) is 4.78. The highest BCUT2D eigenvalue weighted by molar-refractivity contribution is 6.05. The van der Waals surface area contributed by atoms with Gasteiger partial charge in [-0.3, -0.25) is 9.48 Å². The molecule has 102 valence electrons. The standard InChI is InChI=1S/C14H15N5O/c1-8-5-13(19(2)18-8)17-14(20)12-7-9-6-10(15)3-4-11(9)16-12/h3-7,16H,15H2,1-2H3,(H,17,20). The number of aromatic nitrogens is 3. The van der Waals surface area contributed by atoms with E-state index in [-0.39, 0.29) is 5.91 Å². The molecule has 20 heavy (non-hydrogen) atoms. The second-order valence-electron chi connectivity index (χ2n) is 4.78. The Hall–Kier alpha value is -2.76. The Morgan fingerprint density at radius 3 is 2.85 bits per heavy atom. The highest BCUT2D eigenvalue weighted by atomic mass is 16.2. The summed E-state index contributed by atoms with van der Waals surface area (Å²) in [6.07, 6.45) is 0. The third-order valence-electron chi connectivity index (χ3n) is 3.13. The quantitative estimate of drug-likeness (QED) is 0.622. The van der Waals surface area contributed by atoms with Gasteiger partial charge >= 0.3 is 0 Å². The summed E-state index contributed by atoms with van der Waals surface area (Å²) >= 11 is 0. The fourth-order valence-electron chi connectivity index (χ4n) is 2.18. The maximum atomic E-state index is 12.2. The third-order valence-corrected chi connectivity index (χ3v) is 3.13. The van der Waals surface area contributed by atoms with Gasteiger partial charge in [-0.25, -0.2) is 0 Å². The summed E-state index contributed by atoms with van der Waals surface area (Å²) in [5, 5.41) is 7.92. The van der Waals surface area contributed by atoms with Crippen LogP contribution >= 0.6 is 0 Å². The van der Waals surface area contributed by atoms with E-state index in [0.29, 0.717) is 17.2 Å². The SMILES string of the molecule is Cc1cc(NC(=O)c2cc3cc(N)ccc3[nH]2)n(C)n1. The molecule has 0 saturated carbocycles. The van der Waals surface area contributed by atoms with E-state index in [0.717, 1.165) is 16.6 Å². The molecule has 0 aliphatic carbocycles. The van der Waals surface area contributed by atoms with E-state index >= 15 is 0 Å². The molecule has 0 fully saturated rings. The molecule has 0 aliphatic heterocycles. The number of hydrogen-bond donors (Lipinski definition) is 3. The third kappa shape index (κ3) is 2.11. The number of hydrogen-bond acceptors (Lipinski definition) is 3. The Bertz CT molecular complexity index is 799. The van der Waals surface area contributed by atoms with Gasteiger partial charge in [0.05, 0.1) is 5.69 Å². The molecule has 0 aliphatic rings. The molecule has 1 aromatic carbocycles. The zero-order valence-corrected chi connectivity index (χ0v) is 11.3. The van der Waals surface area contributed by atoms with Crippen LogP contribution in [-0.4, -0.2) is 20.7 Å². The fraction of sp³-hybridized carbons (Fsp3) is 0.143. The van der Waals surface area contributed by atoms with Gasteiger partial charge in [0.15, 0.2) is 0 Å². The molecule has 0 radical (unpaired) electrons. The summed E-state index contributed by atoms with van der Waals surface area (Å²) in [4.78, 5) is 15.3. The van der Waals surface area contributed by atoms with Crippen molar-refractivity contribution in [2.45, 2.75) is 6.92 Å². The Morgan fingerprint density at radius 2 is 2.15 bits per heavy atom. The summed E-state index contributed by atoms with van der Waals surface area (Å²) in [5.41, 5.74) is 8.63. The summed E-state index contributed by atoms with van der Waals surface area (Å²) in [6.45, 7) is 1.88. The highest BCUT2D eigenvalue weighted by Gasteiger charge is 2.12. The average molecular weight is 269 g/mol. The zero-order chi connectivity index (χ0) is 14.3. The molecular formula is C14H15N5O. The molecule has 3 rings (SSSR count). The number of nitrogens with zero attached hydrogens (tertiary/aromatic N) is 2. The Labute approximate surface area is 115 Å². The fourth-order valence-corrected chi connectivity index (χ4v) is 2.18. The lowest BCUT2D eigenvalue weighted by Crippen LogP contribution is -2.14. The van der Waals surface area contributed by atoms with Crippen molar-refractivity contribution in [3.8, 4) is 0 Å². The zero-order valence-electron chi connectivity index (χ0n) is 11.3. The minimum Gasteiger partial charge on any atom is -0.399 e. The molecule has 6 heteroatoms. The van der Waals surface area contributed by atoms with Crippen molar-refractivity contribution in [1.82, 2.24) is 14.8 Å². The minimum atomic E-state index is -0.206. The number of H-pyrrole nitrogens is 1. The molecule has 3 aromatic rings. The van der Waals surface area contributed by atoms with E-state index < -0.39 is 0 Å². The number of rotatable bonds is 2. The van der Waals surface area contributed by atoms with Crippen LogP contribution in [0.5, 0.6) is 0 Å². The number of benzene rings is 1. The van der Waals surface area contributed by atoms with Crippen LogP contribution in [-0.2, 0) is 7.05 Å². The summed E-state index contributed by atoms with van der Waals surface area (Å²) in [6, 6.07) is 9.08. The first-order valence-corrected chi connectivity index (χ1v) is 6.23. The molecule has 1 amide bonds. The van der Waals surface area contributed by atoms with E-state index in [9.17, 15) is 4.79 Å². The maximum absolute atomic E-state index is 12.2. The highest BCUT2D eigenvalue weighted by Crippen LogP contribution is 2.19. The number of nitrogens with two attached hydrogens (primary N) is 1. The van der Waals surface area contributed by atoms with Crippen LogP contribution in [0, 0.1) is 6.92 Å². The monoisotopic (exact) mass is 269 g/mol. The van der Waals surface area contributed by atoms with Gasteiger partial charge in [0, 0.05) is 29.7 Å². The summed E-state index contributed by atoms with van der Waals surface area (Å²) < 4.78 is 1.63. The molecule has 0 bridgehead atoms. The van der Waals surface area contributed by atoms with Crippen LogP contribution in [0.4, 0.5) is 11.5 Å². The molecule has 0 spiro atoms. The van der Waals surface area contributed by atoms with E-state index in [1.807, 2.05) is 25.1 Å². The minimum absolute atomic E-state index is 0.206. The van der Waals surface area contributed by atoms with Crippen molar-refractivity contribution in [2.75, 3.05) is 11.1 Å². The van der Waals surface area contributed by atoms with Gasteiger partial charge < -0.3 is 16.0 Å². The van der Waals surface area contributed by atoms with Crippen molar-refractivity contribution in [1.29, 1.82) is 0 Å². The van der Waals surface area contributed by atoms with E-state index in [2.05, 4.69) is 15.4 Å². The van der Waals surface area contributed by atoms with Crippen LogP contribution in [0.15, 0.2) is 30.3 Å². The maximum Gasteiger partial charge on any atom is 0.273 e. The molecule has 2 heterocycles. The Balaban J connectivity index is 1.90. The van der Waals surface area contributed by atoms with Gasteiger partial charge in [-0.2, -0.15) is 5.10 Å². The topological polar surface area (TPSA) is 88.7 Å². The van der Waals surface area contributed by atoms with Crippen molar-refractivity contribution < 1.29 is 4.79 Å².